The summed E-state index contributed by atoms with van der Waals surface area (Å²) in [6.07, 6.45) is 4.32. The van der Waals surface area contributed by atoms with Crippen LogP contribution in [0, 0.1) is 0 Å². The SMILES string of the molecule is COc1ccc(Cl)cc1C(O)C(C)(C)N1CCCCCC1. The van der Waals surface area contributed by atoms with E-state index in [1.165, 1.54) is 25.7 Å². The molecule has 118 valence electrons. The van der Waals surface area contributed by atoms with Gasteiger partial charge in [-0.1, -0.05) is 24.4 Å². The number of ether oxygens (including phenoxy) is 1. The molecule has 1 aromatic rings. The lowest BCUT2D eigenvalue weighted by atomic mass is 9.88. The third-order valence-electron chi connectivity index (χ3n) is 4.58. The van der Waals surface area contributed by atoms with Crippen LogP contribution in [0.15, 0.2) is 18.2 Å². The molecule has 0 spiro atoms. The summed E-state index contributed by atoms with van der Waals surface area (Å²) >= 11 is 6.10. The lowest BCUT2D eigenvalue weighted by Crippen LogP contribution is -2.48. The van der Waals surface area contributed by atoms with Crippen LogP contribution in [-0.4, -0.2) is 35.7 Å². The van der Waals surface area contributed by atoms with Crippen molar-refractivity contribution < 1.29 is 9.84 Å². The number of hydrogen-bond donors (Lipinski definition) is 1. The van der Waals surface area contributed by atoms with Crippen LogP contribution in [-0.2, 0) is 0 Å². The molecule has 1 aliphatic heterocycles. The number of aliphatic hydroxyl groups excluding tert-OH is 1. The maximum atomic E-state index is 10.9. The molecule has 4 heteroatoms. The van der Waals surface area contributed by atoms with Crippen molar-refractivity contribution in [2.24, 2.45) is 0 Å². The lowest BCUT2D eigenvalue weighted by molar-refractivity contribution is -0.0111. The molecular formula is C17H26ClNO2. The van der Waals surface area contributed by atoms with E-state index in [0.717, 1.165) is 18.7 Å². The van der Waals surface area contributed by atoms with Gasteiger partial charge in [-0.15, -0.1) is 0 Å². The summed E-state index contributed by atoms with van der Waals surface area (Å²) in [6.45, 7) is 6.27. The van der Waals surface area contributed by atoms with Crippen molar-refractivity contribution in [2.45, 2.75) is 51.2 Å². The van der Waals surface area contributed by atoms with Crippen LogP contribution < -0.4 is 4.74 Å². The van der Waals surface area contributed by atoms with E-state index < -0.39 is 6.10 Å². The van der Waals surface area contributed by atoms with Crippen LogP contribution in [0.2, 0.25) is 5.02 Å². The number of halogens is 1. The van der Waals surface area contributed by atoms with Gasteiger partial charge in [0, 0.05) is 16.1 Å². The van der Waals surface area contributed by atoms with Crippen LogP contribution in [0.4, 0.5) is 0 Å². The first-order valence-electron chi connectivity index (χ1n) is 7.73. The molecule has 1 heterocycles. The molecule has 1 aromatic carbocycles. The molecule has 0 amide bonds. The average Bonchev–Trinajstić information content (AvgIpc) is 2.76. The van der Waals surface area contributed by atoms with Crippen molar-refractivity contribution in [2.75, 3.05) is 20.2 Å². The Hall–Kier alpha value is -0.770. The van der Waals surface area contributed by atoms with Gasteiger partial charge in [-0.05, 0) is 58.0 Å². The van der Waals surface area contributed by atoms with Gasteiger partial charge in [-0.2, -0.15) is 0 Å². The Bertz CT molecular complexity index is 468. The third kappa shape index (κ3) is 3.71. The van der Waals surface area contributed by atoms with Gasteiger partial charge in [0.15, 0.2) is 0 Å². The summed E-state index contributed by atoms with van der Waals surface area (Å²) in [5.41, 5.74) is 0.418. The normalized spacial score (nSPS) is 19.1. The van der Waals surface area contributed by atoms with Gasteiger partial charge in [0.05, 0.1) is 7.11 Å². The van der Waals surface area contributed by atoms with Crippen LogP contribution in [0.3, 0.4) is 0 Å². The molecule has 3 nitrogen and oxygen atoms in total. The fourth-order valence-electron chi connectivity index (χ4n) is 3.12. The highest BCUT2D eigenvalue weighted by Gasteiger charge is 2.36. The number of nitrogens with zero attached hydrogens (tertiary/aromatic N) is 1. The minimum atomic E-state index is -0.635. The zero-order valence-electron chi connectivity index (χ0n) is 13.2. The predicted octanol–water partition coefficient (Wildman–Crippen LogP) is 4.04. The first kappa shape index (κ1) is 16.6. The van der Waals surface area contributed by atoms with Gasteiger partial charge in [0.2, 0.25) is 0 Å². The standard InChI is InChI=1S/C17H26ClNO2/c1-17(2,19-10-6-4-5-7-11-19)16(20)14-12-13(18)8-9-15(14)21-3/h8-9,12,16,20H,4-7,10-11H2,1-3H3. The summed E-state index contributed by atoms with van der Waals surface area (Å²) in [7, 11) is 1.62. The van der Waals surface area contributed by atoms with Crippen molar-refractivity contribution >= 4 is 11.6 Å². The van der Waals surface area contributed by atoms with Gasteiger partial charge in [0.25, 0.3) is 0 Å². The van der Waals surface area contributed by atoms with Crippen LogP contribution in [0.25, 0.3) is 0 Å². The first-order chi connectivity index (χ1) is 9.96. The highest BCUT2D eigenvalue weighted by molar-refractivity contribution is 6.30. The molecule has 2 rings (SSSR count). The second kappa shape index (κ2) is 6.99. The fourth-order valence-corrected chi connectivity index (χ4v) is 3.30. The van der Waals surface area contributed by atoms with E-state index in [1.807, 2.05) is 12.1 Å². The molecule has 1 unspecified atom stereocenters. The Balaban J connectivity index is 2.28. The minimum Gasteiger partial charge on any atom is -0.496 e. The monoisotopic (exact) mass is 311 g/mol. The molecule has 0 aliphatic carbocycles. The molecule has 1 N–H and O–H groups in total. The smallest absolute Gasteiger partial charge is 0.124 e. The Kier molecular flexibility index (Phi) is 5.53. The van der Waals surface area contributed by atoms with Crippen molar-refractivity contribution in [3.05, 3.63) is 28.8 Å². The molecule has 0 bridgehead atoms. The first-order valence-corrected chi connectivity index (χ1v) is 8.11. The quantitative estimate of drug-likeness (QED) is 0.911. The lowest BCUT2D eigenvalue weighted by Gasteiger charge is -2.42. The largest absolute Gasteiger partial charge is 0.496 e. The second-order valence-corrected chi connectivity index (χ2v) is 6.78. The predicted molar refractivity (Wildman–Crippen MR) is 87.1 cm³/mol. The van der Waals surface area contributed by atoms with Crippen molar-refractivity contribution in [3.8, 4) is 5.75 Å². The molecule has 0 saturated carbocycles. The number of rotatable bonds is 4. The highest BCUT2D eigenvalue weighted by Crippen LogP contribution is 2.38. The average molecular weight is 312 g/mol. The number of likely N-dealkylation sites (tertiary alicyclic amines) is 1. The molecule has 0 radical (unpaired) electrons. The maximum absolute atomic E-state index is 10.9. The molecular weight excluding hydrogens is 286 g/mol. The fraction of sp³-hybridized carbons (Fsp3) is 0.647. The second-order valence-electron chi connectivity index (χ2n) is 6.34. The number of methoxy groups -OCH3 is 1. The summed E-state index contributed by atoms with van der Waals surface area (Å²) in [5.74, 6) is 0.690. The number of hydrogen-bond acceptors (Lipinski definition) is 3. The van der Waals surface area contributed by atoms with Crippen molar-refractivity contribution in [1.29, 1.82) is 0 Å². The van der Waals surface area contributed by atoms with Gasteiger partial charge in [-0.3, -0.25) is 4.90 Å². The molecule has 1 atom stereocenters. The third-order valence-corrected chi connectivity index (χ3v) is 4.81. The number of benzene rings is 1. The van der Waals surface area contributed by atoms with Crippen molar-refractivity contribution in [3.63, 3.8) is 0 Å². The van der Waals surface area contributed by atoms with E-state index in [0.29, 0.717) is 10.8 Å². The number of aliphatic hydroxyl groups is 1. The Morgan fingerprint density at radius 1 is 1.19 bits per heavy atom. The van der Waals surface area contributed by atoms with Gasteiger partial charge in [0.1, 0.15) is 11.9 Å². The zero-order chi connectivity index (χ0) is 15.5. The van der Waals surface area contributed by atoms with Crippen LogP contribution in [0.1, 0.15) is 51.2 Å². The van der Waals surface area contributed by atoms with E-state index in [-0.39, 0.29) is 5.54 Å². The molecule has 0 aromatic heterocycles. The Morgan fingerprint density at radius 3 is 2.38 bits per heavy atom. The summed E-state index contributed by atoms with van der Waals surface area (Å²) < 4.78 is 5.39. The topological polar surface area (TPSA) is 32.7 Å². The maximum Gasteiger partial charge on any atom is 0.124 e. The van der Waals surface area contributed by atoms with E-state index in [4.69, 9.17) is 16.3 Å². The van der Waals surface area contributed by atoms with Crippen molar-refractivity contribution in [1.82, 2.24) is 4.90 Å². The van der Waals surface area contributed by atoms with Gasteiger partial charge >= 0.3 is 0 Å². The van der Waals surface area contributed by atoms with E-state index >= 15 is 0 Å². The molecule has 1 aliphatic rings. The molecule has 21 heavy (non-hydrogen) atoms. The Labute approximate surface area is 132 Å². The van der Waals surface area contributed by atoms with Gasteiger partial charge < -0.3 is 9.84 Å². The highest BCUT2D eigenvalue weighted by atomic mass is 35.5. The zero-order valence-corrected chi connectivity index (χ0v) is 14.0. The van der Waals surface area contributed by atoms with Crippen LogP contribution >= 0.6 is 11.6 Å². The van der Waals surface area contributed by atoms with Crippen LogP contribution in [0.5, 0.6) is 5.75 Å². The summed E-state index contributed by atoms with van der Waals surface area (Å²) in [6, 6.07) is 5.42. The summed E-state index contributed by atoms with van der Waals surface area (Å²) in [4.78, 5) is 2.39. The summed E-state index contributed by atoms with van der Waals surface area (Å²) in [5, 5.41) is 11.6. The van der Waals surface area contributed by atoms with E-state index in [9.17, 15) is 5.11 Å². The van der Waals surface area contributed by atoms with E-state index in [1.54, 1.807) is 13.2 Å². The minimum absolute atomic E-state index is 0.345. The molecule has 1 saturated heterocycles. The van der Waals surface area contributed by atoms with Gasteiger partial charge in [-0.25, -0.2) is 0 Å². The van der Waals surface area contributed by atoms with E-state index in [2.05, 4.69) is 18.7 Å². The molecule has 1 fully saturated rings. The Morgan fingerprint density at radius 2 is 1.81 bits per heavy atom.